The molecule has 2 unspecified atom stereocenters. The largest absolute Gasteiger partial charge is 0.340 e. The van der Waals surface area contributed by atoms with Crippen molar-refractivity contribution in [2.75, 3.05) is 12.0 Å². The van der Waals surface area contributed by atoms with Gasteiger partial charge in [-0.3, -0.25) is 9.59 Å². The second-order valence-corrected chi connectivity index (χ2v) is 7.80. The van der Waals surface area contributed by atoms with Gasteiger partial charge < -0.3 is 10.2 Å². The third-order valence-corrected chi connectivity index (χ3v) is 5.52. The van der Waals surface area contributed by atoms with E-state index in [1.54, 1.807) is 11.8 Å². The van der Waals surface area contributed by atoms with Crippen LogP contribution in [0.1, 0.15) is 52.9 Å². The molecule has 2 atom stereocenters. The predicted octanol–water partition coefficient (Wildman–Crippen LogP) is 2.42. The molecule has 1 spiro atoms. The molecule has 1 heterocycles. The summed E-state index contributed by atoms with van der Waals surface area (Å²) in [4.78, 5) is 27.6. The molecule has 1 saturated carbocycles. The molecular weight excluding hydrogens is 284 g/mol. The van der Waals surface area contributed by atoms with E-state index in [0.717, 1.165) is 37.9 Å². The molecule has 1 aliphatic carbocycles. The summed E-state index contributed by atoms with van der Waals surface area (Å²) >= 11 is 1.79. The van der Waals surface area contributed by atoms with E-state index in [9.17, 15) is 9.59 Å². The Kier molecular flexibility index (Phi) is 5.23. The minimum absolute atomic E-state index is 0.0440. The number of amides is 2. The molecule has 120 valence electrons. The first kappa shape index (κ1) is 16.7. The number of carbonyl (C=O) groups is 2. The van der Waals surface area contributed by atoms with E-state index < -0.39 is 5.54 Å². The number of nitrogens with zero attached hydrogens (tertiary/aromatic N) is 1. The van der Waals surface area contributed by atoms with E-state index in [-0.39, 0.29) is 29.8 Å². The lowest BCUT2D eigenvalue weighted by atomic mass is 9.86. The summed E-state index contributed by atoms with van der Waals surface area (Å²) in [5, 5.41) is 3.08. The highest BCUT2D eigenvalue weighted by molar-refractivity contribution is 7.98. The maximum atomic E-state index is 13.1. The lowest BCUT2D eigenvalue weighted by molar-refractivity contribution is -0.159. The van der Waals surface area contributed by atoms with E-state index in [1.807, 2.05) is 18.7 Å². The van der Waals surface area contributed by atoms with Crippen molar-refractivity contribution in [3.05, 3.63) is 0 Å². The van der Waals surface area contributed by atoms with E-state index in [1.165, 1.54) is 0 Å². The Morgan fingerprint density at radius 1 is 1.29 bits per heavy atom. The Morgan fingerprint density at radius 2 is 1.90 bits per heavy atom. The minimum atomic E-state index is -0.601. The molecule has 0 bridgehead atoms. The van der Waals surface area contributed by atoms with Gasteiger partial charge in [0.25, 0.3) is 0 Å². The second-order valence-electron chi connectivity index (χ2n) is 6.81. The highest BCUT2D eigenvalue weighted by atomic mass is 32.2. The Hall–Kier alpha value is -0.710. The van der Waals surface area contributed by atoms with Crippen molar-refractivity contribution >= 4 is 23.6 Å². The smallest absolute Gasteiger partial charge is 0.249 e. The standard InChI is InChI=1S/C16H28N2O2S/c1-11(2)13-14(19)17-16(8-5-6-9-16)15(20)18(13)12(3)7-10-21-4/h11-13H,5-10H2,1-4H3,(H,17,19). The van der Waals surface area contributed by atoms with Crippen LogP contribution in [0.5, 0.6) is 0 Å². The predicted molar refractivity (Wildman–Crippen MR) is 87.3 cm³/mol. The van der Waals surface area contributed by atoms with Gasteiger partial charge in [0.05, 0.1) is 0 Å². The van der Waals surface area contributed by atoms with Crippen LogP contribution in [0.2, 0.25) is 0 Å². The van der Waals surface area contributed by atoms with Crippen LogP contribution in [0.15, 0.2) is 0 Å². The van der Waals surface area contributed by atoms with E-state index in [0.29, 0.717) is 0 Å². The van der Waals surface area contributed by atoms with Crippen LogP contribution in [0.3, 0.4) is 0 Å². The topological polar surface area (TPSA) is 49.4 Å². The SMILES string of the molecule is CSCCC(C)N1C(=O)C2(CCCC2)NC(=O)C1C(C)C. The van der Waals surface area contributed by atoms with Gasteiger partial charge in [-0.05, 0) is 44.1 Å². The molecule has 2 amide bonds. The monoisotopic (exact) mass is 312 g/mol. The average Bonchev–Trinajstić information content (AvgIpc) is 2.88. The Morgan fingerprint density at radius 3 is 2.43 bits per heavy atom. The van der Waals surface area contributed by atoms with Crippen LogP contribution in [-0.2, 0) is 9.59 Å². The van der Waals surface area contributed by atoms with Crippen LogP contribution in [0.25, 0.3) is 0 Å². The Bertz CT molecular complexity index is 405. The van der Waals surface area contributed by atoms with E-state index in [2.05, 4.69) is 18.5 Å². The Balaban J connectivity index is 2.28. The van der Waals surface area contributed by atoms with Gasteiger partial charge in [0.2, 0.25) is 11.8 Å². The zero-order valence-electron chi connectivity index (χ0n) is 13.6. The molecule has 2 rings (SSSR count). The van der Waals surface area contributed by atoms with Crippen LogP contribution in [0.4, 0.5) is 0 Å². The van der Waals surface area contributed by atoms with Crippen molar-refractivity contribution in [1.82, 2.24) is 10.2 Å². The number of hydrogen-bond donors (Lipinski definition) is 1. The van der Waals surface area contributed by atoms with Crippen molar-refractivity contribution in [3.63, 3.8) is 0 Å². The highest BCUT2D eigenvalue weighted by Gasteiger charge is 2.53. The van der Waals surface area contributed by atoms with Crippen molar-refractivity contribution in [2.24, 2.45) is 5.92 Å². The summed E-state index contributed by atoms with van der Waals surface area (Å²) in [5.41, 5.74) is -0.601. The van der Waals surface area contributed by atoms with Crippen LogP contribution < -0.4 is 5.32 Å². The van der Waals surface area contributed by atoms with Gasteiger partial charge >= 0.3 is 0 Å². The first-order valence-corrected chi connectivity index (χ1v) is 9.46. The molecule has 1 aliphatic heterocycles. The number of rotatable bonds is 5. The number of carbonyl (C=O) groups excluding carboxylic acids is 2. The molecular formula is C16H28N2O2S. The summed E-state index contributed by atoms with van der Waals surface area (Å²) < 4.78 is 0. The normalized spacial score (nSPS) is 26.5. The van der Waals surface area contributed by atoms with Crippen molar-refractivity contribution < 1.29 is 9.59 Å². The minimum Gasteiger partial charge on any atom is -0.340 e. The van der Waals surface area contributed by atoms with Gasteiger partial charge in [-0.25, -0.2) is 0 Å². The molecule has 1 N–H and O–H groups in total. The quantitative estimate of drug-likeness (QED) is 0.848. The van der Waals surface area contributed by atoms with E-state index in [4.69, 9.17) is 0 Å². The average molecular weight is 312 g/mol. The molecule has 0 aromatic carbocycles. The summed E-state index contributed by atoms with van der Waals surface area (Å²) in [7, 11) is 0. The molecule has 2 fully saturated rings. The zero-order chi connectivity index (χ0) is 15.6. The summed E-state index contributed by atoms with van der Waals surface area (Å²) in [6.07, 6.45) is 6.69. The third kappa shape index (κ3) is 3.08. The summed E-state index contributed by atoms with van der Waals surface area (Å²) in [6.45, 7) is 6.14. The van der Waals surface area contributed by atoms with Crippen LogP contribution in [-0.4, -0.2) is 46.3 Å². The van der Waals surface area contributed by atoms with Gasteiger partial charge in [0.15, 0.2) is 0 Å². The van der Waals surface area contributed by atoms with Gasteiger partial charge in [0.1, 0.15) is 11.6 Å². The molecule has 0 radical (unpaired) electrons. The fraction of sp³-hybridized carbons (Fsp3) is 0.875. The maximum Gasteiger partial charge on any atom is 0.249 e. The number of hydrogen-bond acceptors (Lipinski definition) is 3. The fourth-order valence-corrected chi connectivity index (χ4v) is 4.28. The third-order valence-electron chi connectivity index (χ3n) is 4.88. The maximum absolute atomic E-state index is 13.1. The van der Waals surface area contributed by atoms with E-state index >= 15 is 0 Å². The molecule has 1 saturated heterocycles. The molecule has 2 aliphatic rings. The number of piperazine rings is 1. The molecule has 21 heavy (non-hydrogen) atoms. The lowest BCUT2D eigenvalue weighted by Gasteiger charge is -2.48. The van der Waals surface area contributed by atoms with Crippen molar-refractivity contribution in [3.8, 4) is 0 Å². The van der Waals surface area contributed by atoms with Gasteiger partial charge in [0, 0.05) is 6.04 Å². The molecule has 4 nitrogen and oxygen atoms in total. The van der Waals surface area contributed by atoms with Crippen LogP contribution >= 0.6 is 11.8 Å². The van der Waals surface area contributed by atoms with Gasteiger partial charge in [-0.15, -0.1) is 0 Å². The highest BCUT2D eigenvalue weighted by Crippen LogP contribution is 2.37. The first-order valence-electron chi connectivity index (χ1n) is 8.06. The summed E-state index contributed by atoms with van der Waals surface area (Å²) in [5.74, 6) is 1.36. The number of nitrogens with one attached hydrogen (secondary N) is 1. The van der Waals surface area contributed by atoms with Gasteiger partial charge in [-0.2, -0.15) is 11.8 Å². The second kappa shape index (κ2) is 6.59. The van der Waals surface area contributed by atoms with Crippen molar-refractivity contribution in [1.29, 1.82) is 0 Å². The summed E-state index contributed by atoms with van der Waals surface area (Å²) in [6, 6.07) is -0.193. The number of thioether (sulfide) groups is 1. The lowest BCUT2D eigenvalue weighted by Crippen LogP contribution is -2.72. The zero-order valence-corrected chi connectivity index (χ0v) is 14.5. The molecule has 0 aromatic rings. The van der Waals surface area contributed by atoms with Gasteiger partial charge in [-0.1, -0.05) is 26.7 Å². The van der Waals surface area contributed by atoms with Crippen molar-refractivity contribution in [2.45, 2.75) is 70.5 Å². The molecule has 5 heteroatoms. The molecule has 0 aromatic heterocycles. The first-order chi connectivity index (χ1) is 9.93. The Labute approximate surface area is 132 Å². The fourth-order valence-electron chi connectivity index (χ4n) is 3.71. The van der Waals surface area contributed by atoms with Crippen LogP contribution in [0, 0.1) is 5.92 Å².